The van der Waals surface area contributed by atoms with E-state index in [9.17, 15) is 9.59 Å². The molecular formula is C17H20N4O3. The summed E-state index contributed by atoms with van der Waals surface area (Å²) in [5, 5.41) is 17.4. The lowest BCUT2D eigenvalue weighted by molar-refractivity contribution is -0.134. The summed E-state index contributed by atoms with van der Waals surface area (Å²) in [6.07, 6.45) is 1.72. The minimum absolute atomic E-state index is 0.245. The summed E-state index contributed by atoms with van der Waals surface area (Å²) in [6, 6.07) is 10.6. The maximum Gasteiger partial charge on any atom is 0.322 e. The summed E-state index contributed by atoms with van der Waals surface area (Å²) in [5.41, 5.74) is 2.01. The first kappa shape index (κ1) is 17.3. The Morgan fingerprint density at radius 3 is 2.67 bits per heavy atom. The standard InChI is InChI=1S/C17H20N4O3/c1-12-6-7-18-15(10-12)19-8-9-20-17(24)13-4-2-3-5-14(13)21-11-16(22)23/h2-7,10,21H,8-9,11H2,1H3,(H,18,19)(H,20,24)(H,22,23). The van der Waals surface area contributed by atoms with Crippen LogP contribution in [0.1, 0.15) is 15.9 Å². The van der Waals surface area contributed by atoms with Gasteiger partial charge in [-0.3, -0.25) is 9.59 Å². The van der Waals surface area contributed by atoms with Gasteiger partial charge in [0.25, 0.3) is 5.91 Å². The van der Waals surface area contributed by atoms with Crippen LogP contribution in [0.5, 0.6) is 0 Å². The zero-order valence-corrected chi connectivity index (χ0v) is 13.4. The molecule has 1 aromatic heterocycles. The molecule has 7 nitrogen and oxygen atoms in total. The van der Waals surface area contributed by atoms with Crippen LogP contribution in [0.25, 0.3) is 0 Å². The van der Waals surface area contributed by atoms with E-state index in [0.717, 1.165) is 11.4 Å². The van der Waals surface area contributed by atoms with E-state index in [0.29, 0.717) is 24.3 Å². The van der Waals surface area contributed by atoms with Gasteiger partial charge in [0.15, 0.2) is 0 Å². The average Bonchev–Trinajstić information content (AvgIpc) is 2.57. The van der Waals surface area contributed by atoms with Crippen molar-refractivity contribution in [3.63, 3.8) is 0 Å². The number of hydrogen-bond donors (Lipinski definition) is 4. The molecule has 0 aliphatic heterocycles. The number of aryl methyl sites for hydroxylation is 1. The van der Waals surface area contributed by atoms with Crippen molar-refractivity contribution in [3.8, 4) is 0 Å². The number of nitrogens with zero attached hydrogens (tertiary/aromatic N) is 1. The van der Waals surface area contributed by atoms with Crippen LogP contribution in [0.4, 0.5) is 11.5 Å². The molecule has 2 rings (SSSR count). The molecule has 0 atom stereocenters. The fraction of sp³-hybridized carbons (Fsp3) is 0.235. The van der Waals surface area contributed by atoms with Gasteiger partial charge in [-0.25, -0.2) is 4.98 Å². The van der Waals surface area contributed by atoms with Crippen LogP contribution in [0.15, 0.2) is 42.6 Å². The summed E-state index contributed by atoms with van der Waals surface area (Å²) >= 11 is 0. The van der Waals surface area contributed by atoms with E-state index < -0.39 is 5.97 Å². The summed E-state index contributed by atoms with van der Waals surface area (Å²) in [4.78, 5) is 27.1. The molecule has 126 valence electrons. The third-order valence-electron chi connectivity index (χ3n) is 3.23. The van der Waals surface area contributed by atoms with Crippen molar-refractivity contribution in [2.75, 3.05) is 30.3 Å². The molecule has 0 saturated heterocycles. The fourth-order valence-electron chi connectivity index (χ4n) is 2.10. The zero-order chi connectivity index (χ0) is 17.4. The molecule has 0 aliphatic rings. The van der Waals surface area contributed by atoms with Crippen LogP contribution in [0, 0.1) is 6.92 Å². The molecule has 1 heterocycles. The van der Waals surface area contributed by atoms with E-state index in [1.807, 2.05) is 19.1 Å². The highest BCUT2D eigenvalue weighted by Crippen LogP contribution is 2.14. The number of carboxylic acid groups (broad SMARTS) is 1. The van der Waals surface area contributed by atoms with Crippen LogP contribution in [-0.2, 0) is 4.79 Å². The van der Waals surface area contributed by atoms with E-state index in [2.05, 4.69) is 20.9 Å². The van der Waals surface area contributed by atoms with Gasteiger partial charge >= 0.3 is 5.97 Å². The van der Waals surface area contributed by atoms with Gasteiger partial charge in [0, 0.05) is 25.0 Å². The number of aliphatic carboxylic acids is 1. The molecular weight excluding hydrogens is 308 g/mol. The monoisotopic (exact) mass is 328 g/mol. The third kappa shape index (κ3) is 5.28. The Morgan fingerprint density at radius 1 is 1.12 bits per heavy atom. The van der Waals surface area contributed by atoms with Crippen molar-refractivity contribution in [1.82, 2.24) is 10.3 Å². The van der Waals surface area contributed by atoms with Crippen molar-refractivity contribution in [2.45, 2.75) is 6.92 Å². The van der Waals surface area contributed by atoms with Crippen LogP contribution in [0.2, 0.25) is 0 Å². The molecule has 0 aliphatic carbocycles. The molecule has 0 spiro atoms. The van der Waals surface area contributed by atoms with Crippen molar-refractivity contribution in [3.05, 3.63) is 53.7 Å². The van der Waals surface area contributed by atoms with Crippen molar-refractivity contribution >= 4 is 23.4 Å². The lowest BCUT2D eigenvalue weighted by atomic mass is 10.1. The number of benzene rings is 1. The summed E-state index contributed by atoms with van der Waals surface area (Å²) in [7, 11) is 0. The Morgan fingerprint density at radius 2 is 1.92 bits per heavy atom. The minimum Gasteiger partial charge on any atom is -0.480 e. The number of hydrogen-bond acceptors (Lipinski definition) is 5. The van der Waals surface area contributed by atoms with Crippen molar-refractivity contribution in [1.29, 1.82) is 0 Å². The fourth-order valence-corrected chi connectivity index (χ4v) is 2.10. The second-order valence-corrected chi connectivity index (χ2v) is 5.19. The average molecular weight is 328 g/mol. The predicted octanol–water partition coefficient (Wildman–Crippen LogP) is 1.73. The van der Waals surface area contributed by atoms with E-state index in [1.54, 1.807) is 30.5 Å². The number of aromatic nitrogens is 1. The summed E-state index contributed by atoms with van der Waals surface area (Å²) in [6.45, 7) is 2.69. The number of carbonyl (C=O) groups excluding carboxylic acids is 1. The molecule has 1 aromatic carbocycles. The quantitative estimate of drug-likeness (QED) is 0.550. The maximum absolute atomic E-state index is 12.2. The number of rotatable bonds is 8. The number of nitrogens with one attached hydrogen (secondary N) is 3. The molecule has 0 radical (unpaired) electrons. The van der Waals surface area contributed by atoms with Gasteiger partial charge < -0.3 is 21.1 Å². The van der Waals surface area contributed by atoms with Gasteiger partial charge in [-0.15, -0.1) is 0 Å². The van der Waals surface area contributed by atoms with Crippen LogP contribution >= 0.6 is 0 Å². The number of amides is 1. The molecule has 1 amide bonds. The number of carboxylic acids is 1. The highest BCUT2D eigenvalue weighted by atomic mass is 16.4. The van der Waals surface area contributed by atoms with E-state index >= 15 is 0 Å². The molecule has 0 bridgehead atoms. The van der Waals surface area contributed by atoms with Crippen molar-refractivity contribution in [2.24, 2.45) is 0 Å². The molecule has 24 heavy (non-hydrogen) atoms. The number of anilines is 2. The normalized spacial score (nSPS) is 10.0. The lowest BCUT2D eigenvalue weighted by Crippen LogP contribution is -2.29. The van der Waals surface area contributed by atoms with E-state index in [4.69, 9.17) is 5.11 Å². The van der Waals surface area contributed by atoms with E-state index in [1.165, 1.54) is 0 Å². The Hall–Kier alpha value is -3.09. The highest BCUT2D eigenvalue weighted by Gasteiger charge is 2.10. The third-order valence-corrected chi connectivity index (χ3v) is 3.23. The van der Waals surface area contributed by atoms with Crippen LogP contribution in [0.3, 0.4) is 0 Å². The minimum atomic E-state index is -0.986. The number of carbonyl (C=O) groups is 2. The van der Waals surface area contributed by atoms with Gasteiger partial charge in [0.2, 0.25) is 0 Å². The predicted molar refractivity (Wildman–Crippen MR) is 92.4 cm³/mol. The largest absolute Gasteiger partial charge is 0.480 e. The number of para-hydroxylation sites is 1. The van der Waals surface area contributed by atoms with Crippen LogP contribution in [-0.4, -0.2) is 41.6 Å². The van der Waals surface area contributed by atoms with E-state index in [-0.39, 0.29) is 12.5 Å². The zero-order valence-electron chi connectivity index (χ0n) is 13.4. The first-order valence-electron chi connectivity index (χ1n) is 7.55. The maximum atomic E-state index is 12.2. The first-order valence-corrected chi connectivity index (χ1v) is 7.55. The van der Waals surface area contributed by atoms with Gasteiger partial charge in [0.1, 0.15) is 12.4 Å². The Kier molecular flexibility index (Phi) is 6.13. The van der Waals surface area contributed by atoms with Crippen LogP contribution < -0.4 is 16.0 Å². The second kappa shape index (κ2) is 8.52. The lowest BCUT2D eigenvalue weighted by Gasteiger charge is -2.11. The summed E-state index contributed by atoms with van der Waals surface area (Å²) < 4.78 is 0. The smallest absolute Gasteiger partial charge is 0.322 e. The first-order chi connectivity index (χ1) is 11.6. The highest BCUT2D eigenvalue weighted by molar-refractivity contribution is 5.99. The molecule has 0 unspecified atom stereocenters. The molecule has 4 N–H and O–H groups in total. The SMILES string of the molecule is Cc1ccnc(NCCNC(=O)c2ccccc2NCC(=O)O)c1. The Bertz CT molecular complexity index is 718. The number of pyridine rings is 1. The van der Waals surface area contributed by atoms with Gasteiger partial charge in [-0.1, -0.05) is 12.1 Å². The molecule has 0 fully saturated rings. The van der Waals surface area contributed by atoms with Crippen molar-refractivity contribution < 1.29 is 14.7 Å². The topological polar surface area (TPSA) is 103 Å². The van der Waals surface area contributed by atoms with Gasteiger partial charge in [-0.05, 0) is 36.8 Å². The summed E-state index contributed by atoms with van der Waals surface area (Å²) in [5.74, 6) is -0.490. The molecule has 7 heteroatoms. The Balaban J connectivity index is 1.85. The molecule has 0 saturated carbocycles. The van der Waals surface area contributed by atoms with Gasteiger partial charge in [0.05, 0.1) is 5.56 Å². The Labute approximate surface area is 140 Å². The van der Waals surface area contributed by atoms with Gasteiger partial charge in [-0.2, -0.15) is 0 Å². The molecule has 2 aromatic rings. The second-order valence-electron chi connectivity index (χ2n) is 5.19.